The van der Waals surface area contributed by atoms with Crippen molar-refractivity contribution in [3.8, 4) is 0 Å². The first-order chi connectivity index (χ1) is 9.96. The second-order valence-electron chi connectivity index (χ2n) is 5.33. The van der Waals surface area contributed by atoms with E-state index in [9.17, 15) is 9.90 Å². The molecule has 21 heavy (non-hydrogen) atoms. The molecule has 0 aliphatic carbocycles. The van der Waals surface area contributed by atoms with Crippen molar-refractivity contribution in [3.63, 3.8) is 0 Å². The summed E-state index contributed by atoms with van der Waals surface area (Å²) in [5, 5.41) is 13.4. The van der Waals surface area contributed by atoms with Gasteiger partial charge in [0.15, 0.2) is 0 Å². The molecule has 0 unspecified atom stereocenters. The fourth-order valence-corrected chi connectivity index (χ4v) is 3.10. The molecule has 2 heterocycles. The minimum Gasteiger partial charge on any atom is -0.480 e. The van der Waals surface area contributed by atoms with E-state index in [0.717, 1.165) is 28.9 Å². The highest BCUT2D eigenvalue weighted by Crippen LogP contribution is 2.30. The zero-order valence-corrected chi connectivity index (χ0v) is 13.6. The Bertz CT molecular complexity index is 652. The number of nitrogens with zero attached hydrogens (tertiary/aromatic N) is 2. The smallest absolute Gasteiger partial charge is 0.326 e. The summed E-state index contributed by atoms with van der Waals surface area (Å²) in [6.07, 6.45) is 1.66. The van der Waals surface area contributed by atoms with E-state index in [1.54, 1.807) is 11.3 Å². The van der Waals surface area contributed by atoms with Gasteiger partial charge in [0.1, 0.15) is 22.5 Å². The second kappa shape index (κ2) is 6.39. The van der Waals surface area contributed by atoms with Crippen molar-refractivity contribution in [3.05, 3.63) is 16.8 Å². The molecule has 0 fully saturated rings. The lowest BCUT2D eigenvalue weighted by molar-refractivity contribution is -0.138. The number of aromatic nitrogens is 2. The van der Waals surface area contributed by atoms with Crippen LogP contribution in [0.3, 0.4) is 0 Å². The maximum atomic E-state index is 11.4. The largest absolute Gasteiger partial charge is 0.480 e. The predicted octanol–water partition coefficient (Wildman–Crippen LogP) is 3.34. The molecule has 114 valence electrons. The fraction of sp³-hybridized carbons (Fsp3) is 0.533. The van der Waals surface area contributed by atoms with E-state index < -0.39 is 12.0 Å². The summed E-state index contributed by atoms with van der Waals surface area (Å²) in [6, 6.07) is 1.40. The number of aliphatic carboxylic acids is 1. The number of nitrogens with one attached hydrogen (secondary N) is 1. The molecule has 0 aliphatic rings. The lowest BCUT2D eigenvalue weighted by Gasteiger charge is -2.19. The summed E-state index contributed by atoms with van der Waals surface area (Å²) >= 11 is 1.65. The lowest BCUT2D eigenvalue weighted by atomic mass is 10.0. The molecule has 2 rings (SSSR count). The van der Waals surface area contributed by atoms with E-state index in [1.807, 2.05) is 20.8 Å². The Kier molecular flexibility index (Phi) is 4.77. The zero-order valence-electron chi connectivity index (χ0n) is 12.8. The van der Waals surface area contributed by atoms with Gasteiger partial charge in [-0.15, -0.1) is 11.3 Å². The summed E-state index contributed by atoms with van der Waals surface area (Å²) in [5.41, 5.74) is 0. The molecular formula is C15H21N3O2S. The van der Waals surface area contributed by atoms with Crippen LogP contribution in [0.1, 0.15) is 38.4 Å². The normalized spacial score (nSPS) is 12.8. The molecule has 2 aromatic rings. The number of thiophene rings is 1. The monoisotopic (exact) mass is 307 g/mol. The maximum absolute atomic E-state index is 11.4. The third-order valence-electron chi connectivity index (χ3n) is 3.38. The number of carbonyl (C=O) groups is 1. The van der Waals surface area contributed by atoms with Gasteiger partial charge in [0, 0.05) is 11.3 Å². The molecule has 0 amide bonds. The summed E-state index contributed by atoms with van der Waals surface area (Å²) in [6.45, 7) is 7.86. The minimum atomic E-state index is -0.860. The molecule has 1 atom stereocenters. The van der Waals surface area contributed by atoms with Gasteiger partial charge < -0.3 is 10.4 Å². The van der Waals surface area contributed by atoms with Gasteiger partial charge in [-0.3, -0.25) is 0 Å². The first-order valence-electron chi connectivity index (χ1n) is 7.24. The van der Waals surface area contributed by atoms with Crippen LogP contribution < -0.4 is 5.32 Å². The summed E-state index contributed by atoms with van der Waals surface area (Å²) in [7, 11) is 0. The first kappa shape index (κ1) is 15.7. The molecule has 0 saturated heterocycles. The molecule has 0 spiro atoms. The molecular weight excluding hydrogens is 286 g/mol. The molecule has 2 N–H and O–H groups in total. The van der Waals surface area contributed by atoms with Crippen LogP contribution in [0, 0.1) is 5.92 Å². The average Bonchev–Trinajstić information content (AvgIpc) is 2.86. The second-order valence-corrected chi connectivity index (χ2v) is 6.45. The number of rotatable bonds is 6. The van der Waals surface area contributed by atoms with Crippen LogP contribution in [-0.2, 0) is 17.6 Å². The number of fused-ring (bicyclic) bond motifs is 1. The third-order valence-corrected chi connectivity index (χ3v) is 4.55. The van der Waals surface area contributed by atoms with Gasteiger partial charge >= 0.3 is 5.97 Å². The van der Waals surface area contributed by atoms with Crippen LogP contribution in [0.4, 0.5) is 5.82 Å². The number of aryl methyl sites for hydroxylation is 2. The number of hydrogen-bond acceptors (Lipinski definition) is 5. The number of hydrogen-bond donors (Lipinski definition) is 2. The van der Waals surface area contributed by atoms with Crippen LogP contribution in [-0.4, -0.2) is 27.1 Å². The van der Waals surface area contributed by atoms with Gasteiger partial charge in [0.05, 0.1) is 5.39 Å². The van der Waals surface area contributed by atoms with Crippen LogP contribution in [0.2, 0.25) is 0 Å². The van der Waals surface area contributed by atoms with Gasteiger partial charge in [-0.1, -0.05) is 27.7 Å². The van der Waals surface area contributed by atoms with Crippen molar-refractivity contribution in [1.29, 1.82) is 0 Å². The van der Waals surface area contributed by atoms with Gasteiger partial charge in [-0.05, 0) is 18.4 Å². The van der Waals surface area contributed by atoms with E-state index >= 15 is 0 Å². The van der Waals surface area contributed by atoms with Crippen molar-refractivity contribution >= 4 is 33.3 Å². The van der Waals surface area contributed by atoms with Crippen molar-refractivity contribution in [2.24, 2.45) is 5.92 Å². The summed E-state index contributed by atoms with van der Waals surface area (Å²) in [5.74, 6) is 0.485. The SMILES string of the molecule is CCc1nc(N[C@@H](C(=O)O)C(C)C)c2cc(CC)sc2n1. The maximum Gasteiger partial charge on any atom is 0.326 e. The van der Waals surface area contributed by atoms with Gasteiger partial charge in [-0.25, -0.2) is 14.8 Å². The van der Waals surface area contributed by atoms with Crippen LogP contribution in [0.25, 0.3) is 10.2 Å². The quantitative estimate of drug-likeness (QED) is 0.856. The Hall–Kier alpha value is -1.69. The zero-order chi connectivity index (χ0) is 15.6. The van der Waals surface area contributed by atoms with Gasteiger partial charge in [0.25, 0.3) is 0 Å². The van der Waals surface area contributed by atoms with E-state index in [1.165, 1.54) is 4.88 Å². The predicted molar refractivity (Wildman–Crippen MR) is 86.1 cm³/mol. The van der Waals surface area contributed by atoms with E-state index in [4.69, 9.17) is 0 Å². The third kappa shape index (κ3) is 3.32. The van der Waals surface area contributed by atoms with Crippen LogP contribution >= 0.6 is 11.3 Å². The van der Waals surface area contributed by atoms with Gasteiger partial charge in [0.2, 0.25) is 0 Å². The molecule has 0 radical (unpaired) electrons. The number of anilines is 1. The molecule has 6 heteroatoms. The minimum absolute atomic E-state index is 0.0260. The Labute approximate surface area is 128 Å². The Balaban J connectivity index is 2.49. The van der Waals surface area contributed by atoms with Crippen molar-refractivity contribution < 1.29 is 9.90 Å². The fourth-order valence-electron chi connectivity index (χ4n) is 2.12. The molecule has 0 aliphatic heterocycles. The molecule has 5 nitrogen and oxygen atoms in total. The average molecular weight is 307 g/mol. The van der Waals surface area contributed by atoms with Crippen LogP contribution in [0.15, 0.2) is 6.07 Å². The highest BCUT2D eigenvalue weighted by Gasteiger charge is 2.23. The van der Waals surface area contributed by atoms with Crippen molar-refractivity contribution in [2.75, 3.05) is 5.32 Å². The lowest BCUT2D eigenvalue weighted by Crippen LogP contribution is -2.34. The Morgan fingerprint density at radius 1 is 1.33 bits per heavy atom. The summed E-state index contributed by atoms with van der Waals surface area (Å²) in [4.78, 5) is 22.6. The van der Waals surface area contributed by atoms with E-state index in [-0.39, 0.29) is 5.92 Å². The highest BCUT2D eigenvalue weighted by molar-refractivity contribution is 7.18. The molecule has 0 saturated carbocycles. The van der Waals surface area contributed by atoms with Gasteiger partial charge in [-0.2, -0.15) is 0 Å². The van der Waals surface area contributed by atoms with Crippen LogP contribution in [0.5, 0.6) is 0 Å². The van der Waals surface area contributed by atoms with E-state index in [2.05, 4.69) is 28.3 Å². The Morgan fingerprint density at radius 2 is 2.05 bits per heavy atom. The van der Waals surface area contributed by atoms with Crippen molar-refractivity contribution in [1.82, 2.24) is 9.97 Å². The van der Waals surface area contributed by atoms with Crippen molar-refractivity contribution in [2.45, 2.75) is 46.6 Å². The first-order valence-corrected chi connectivity index (χ1v) is 8.06. The molecule has 0 bridgehead atoms. The standard InChI is InChI=1S/C15H21N3O2S/c1-5-9-7-10-13(18-12(8(3)4)15(19)20)16-11(6-2)17-14(10)21-9/h7-8,12H,5-6H2,1-4H3,(H,19,20)(H,16,17,18)/t12-/m1/s1. The van der Waals surface area contributed by atoms with E-state index in [0.29, 0.717) is 5.82 Å². The molecule has 2 aromatic heterocycles. The molecule has 0 aromatic carbocycles. The number of carboxylic acid groups (broad SMARTS) is 1. The topological polar surface area (TPSA) is 75.1 Å². The highest BCUT2D eigenvalue weighted by atomic mass is 32.1. The summed E-state index contributed by atoms with van der Waals surface area (Å²) < 4.78 is 0. The number of carboxylic acids is 1. The Morgan fingerprint density at radius 3 is 2.57 bits per heavy atom.